The summed E-state index contributed by atoms with van der Waals surface area (Å²) in [5, 5.41) is 39.5. The van der Waals surface area contributed by atoms with Crippen molar-refractivity contribution in [2.24, 2.45) is 29.4 Å². The molecule has 0 radical (unpaired) electrons. The second-order valence-corrected chi connectivity index (χ2v) is 31.0. The standard InChI is InChI=1S/C69H119N15O16/c1-21-40(9)51(76-52(88)41(10)71-56(92)47-26-23-29-82(47)62(98)66(14,15)78-54(90)44(33-38(5)6)73-53(89)46(35-50(70)87)74-60(96)65(12,13)77-42(11)86)59(95)80-68(18,19)64(100)84-31-25-28-49(84)58(94)81-69(20,22-2)61(97)75-45(34-39(7)8)55(91)79-67(16,17)63(99)83-30-24-27-48(83)57(93)72-43(36-85)32-37(3)4/h37-41,43-49,51,85H,21-36H2,1-20H3,(H2,70,87)(H,71,92)(H,72,93)(H,73,89)(H,74,96)(H,75,97)(H,76,88)(H,77,86)(H,78,90)(H,79,91)(H,80,95)(H,81,94)/t40-,41-,43-,44-,45-,46-,47-,48-,49-,51-,69+/m0/s1. The van der Waals surface area contributed by atoms with Crippen LogP contribution in [0, 0.1) is 23.7 Å². The van der Waals surface area contributed by atoms with Crippen LogP contribution in [0.25, 0.3) is 0 Å². The van der Waals surface area contributed by atoms with Gasteiger partial charge >= 0.3 is 0 Å². The number of carbonyl (C=O) groups excluding carboxylic acids is 15. The first kappa shape index (κ1) is 86.2. The van der Waals surface area contributed by atoms with Gasteiger partial charge in [0.1, 0.15) is 76.0 Å². The Morgan fingerprint density at radius 3 is 1.24 bits per heavy atom. The van der Waals surface area contributed by atoms with E-state index in [0.717, 1.165) is 0 Å². The number of aliphatic hydroxyl groups excluding tert-OH is 1. The molecule has 0 aliphatic carbocycles. The summed E-state index contributed by atoms with van der Waals surface area (Å²) >= 11 is 0. The number of carbonyl (C=O) groups is 15. The average molecular weight is 1410 g/mol. The van der Waals surface area contributed by atoms with E-state index in [0.29, 0.717) is 38.5 Å². The van der Waals surface area contributed by atoms with Crippen molar-refractivity contribution < 1.29 is 77.0 Å². The first-order chi connectivity index (χ1) is 46.1. The zero-order chi connectivity index (χ0) is 76.5. The number of nitrogens with one attached hydrogen (secondary N) is 11. The molecule has 0 aromatic heterocycles. The summed E-state index contributed by atoms with van der Waals surface area (Å²) in [6, 6.07) is -10.0. The maximum absolute atomic E-state index is 14.6. The number of primary amides is 1. The lowest BCUT2D eigenvalue weighted by atomic mass is 9.94. The van der Waals surface area contributed by atoms with E-state index in [2.05, 4.69) is 58.5 Å². The normalized spacial score (nSPS) is 19.3. The Labute approximate surface area is 589 Å². The Bertz CT molecular complexity index is 3010. The van der Waals surface area contributed by atoms with E-state index in [9.17, 15) is 77.0 Å². The fourth-order valence-corrected chi connectivity index (χ4v) is 12.6. The SMILES string of the molecule is CC[C@H](C)[C@H](NC(=O)[C@H](C)NC(=O)[C@@H]1CCCN1C(=O)C(C)(C)NC(=O)[C@H](CC(C)C)NC(=O)[C@H](CC(N)=O)NC(=O)C(C)(C)NC(C)=O)C(=O)NC(C)(C)C(=O)N1CCC[C@H]1C(=O)N[C@](C)(CC)C(=O)N[C@@H](CC(C)C)C(=O)NC(C)(C)C(=O)N1CCC[C@H]1C(=O)N[C@H](CO)CC(C)C. The summed E-state index contributed by atoms with van der Waals surface area (Å²) in [7, 11) is 0. The molecule has 0 aromatic carbocycles. The molecular formula is C69H119N15O16. The summed E-state index contributed by atoms with van der Waals surface area (Å²) in [4.78, 5) is 211. The molecule has 0 aromatic rings. The molecule has 0 bridgehead atoms. The van der Waals surface area contributed by atoms with Crippen LogP contribution in [0.1, 0.15) is 216 Å². The smallest absolute Gasteiger partial charge is 0.248 e. The van der Waals surface area contributed by atoms with Gasteiger partial charge < -0.3 is 84.0 Å². The molecule has 0 saturated carbocycles. The van der Waals surface area contributed by atoms with Gasteiger partial charge in [0.25, 0.3) is 0 Å². The van der Waals surface area contributed by atoms with Gasteiger partial charge in [-0.3, -0.25) is 71.9 Å². The van der Waals surface area contributed by atoms with Crippen molar-refractivity contribution in [3.8, 4) is 0 Å². The van der Waals surface area contributed by atoms with Crippen LogP contribution in [0.15, 0.2) is 0 Å². The van der Waals surface area contributed by atoms with Crippen molar-refractivity contribution >= 4 is 88.6 Å². The van der Waals surface area contributed by atoms with E-state index in [4.69, 9.17) is 5.73 Å². The molecule has 0 spiro atoms. The van der Waals surface area contributed by atoms with Crippen molar-refractivity contribution in [3.05, 3.63) is 0 Å². The van der Waals surface area contributed by atoms with Crippen LogP contribution in [-0.4, -0.2) is 217 Å². The van der Waals surface area contributed by atoms with Crippen LogP contribution in [0.3, 0.4) is 0 Å². The third kappa shape index (κ3) is 24.1. The molecule has 3 aliphatic rings. The number of rotatable bonds is 36. The number of likely N-dealkylation sites (tertiary alicyclic amines) is 3. The van der Waals surface area contributed by atoms with Crippen LogP contribution in [0.5, 0.6) is 0 Å². The Balaban J connectivity index is 1.72. The minimum Gasteiger partial charge on any atom is -0.394 e. The van der Waals surface area contributed by atoms with E-state index >= 15 is 0 Å². The highest BCUT2D eigenvalue weighted by atomic mass is 16.3. The van der Waals surface area contributed by atoms with E-state index < -0.39 is 183 Å². The number of nitrogens with zero attached hydrogens (tertiary/aromatic N) is 3. The predicted molar refractivity (Wildman–Crippen MR) is 372 cm³/mol. The third-order valence-electron chi connectivity index (χ3n) is 18.6. The van der Waals surface area contributed by atoms with E-state index in [1.165, 1.54) is 90.9 Å². The lowest BCUT2D eigenvalue weighted by Gasteiger charge is -2.37. The molecule has 14 N–H and O–H groups in total. The third-order valence-corrected chi connectivity index (χ3v) is 18.6. The van der Waals surface area contributed by atoms with Gasteiger partial charge in [0.05, 0.1) is 19.1 Å². The van der Waals surface area contributed by atoms with Crippen molar-refractivity contribution in [1.29, 1.82) is 0 Å². The molecule has 566 valence electrons. The van der Waals surface area contributed by atoms with Crippen molar-refractivity contribution in [1.82, 2.24) is 73.2 Å². The first-order valence-electron chi connectivity index (χ1n) is 35.3. The van der Waals surface area contributed by atoms with Crippen molar-refractivity contribution in [3.63, 3.8) is 0 Å². The lowest BCUT2D eigenvalue weighted by Crippen LogP contribution is -2.66. The fourth-order valence-electron chi connectivity index (χ4n) is 12.6. The second-order valence-electron chi connectivity index (χ2n) is 31.0. The van der Waals surface area contributed by atoms with Gasteiger partial charge in [-0.1, -0.05) is 68.7 Å². The Morgan fingerprint density at radius 2 is 0.850 bits per heavy atom. The monoisotopic (exact) mass is 1410 g/mol. The molecule has 31 heteroatoms. The van der Waals surface area contributed by atoms with Crippen LogP contribution in [0.4, 0.5) is 0 Å². The molecule has 15 amide bonds. The van der Waals surface area contributed by atoms with E-state index in [-0.39, 0.29) is 76.1 Å². The summed E-state index contributed by atoms with van der Waals surface area (Å²) in [5.41, 5.74) is -2.60. The minimum absolute atomic E-state index is 0.0453. The minimum atomic E-state index is -1.69. The quantitative estimate of drug-likeness (QED) is 0.0387. The molecule has 0 unspecified atom stereocenters. The molecule has 3 aliphatic heterocycles. The number of aliphatic hydroxyl groups is 1. The summed E-state index contributed by atoms with van der Waals surface area (Å²) < 4.78 is 0. The van der Waals surface area contributed by atoms with Gasteiger partial charge in [0, 0.05) is 26.6 Å². The van der Waals surface area contributed by atoms with E-state index in [1.807, 2.05) is 27.7 Å². The van der Waals surface area contributed by atoms with Crippen LogP contribution >= 0.6 is 0 Å². The number of hydrogen-bond acceptors (Lipinski definition) is 16. The number of nitrogens with two attached hydrogens (primary N) is 1. The largest absolute Gasteiger partial charge is 0.394 e. The van der Waals surface area contributed by atoms with Gasteiger partial charge in [-0.15, -0.1) is 0 Å². The van der Waals surface area contributed by atoms with Gasteiger partial charge in [-0.05, 0) is 157 Å². The van der Waals surface area contributed by atoms with Gasteiger partial charge in [-0.2, -0.15) is 0 Å². The summed E-state index contributed by atoms with van der Waals surface area (Å²) in [6.45, 7) is 32.2. The average Bonchev–Trinajstić information content (AvgIpc) is 1.69. The molecule has 11 atom stereocenters. The van der Waals surface area contributed by atoms with Gasteiger partial charge in [0.2, 0.25) is 88.6 Å². The highest BCUT2D eigenvalue weighted by Crippen LogP contribution is 2.27. The highest BCUT2D eigenvalue weighted by molar-refractivity contribution is 6.03. The summed E-state index contributed by atoms with van der Waals surface area (Å²) in [6.07, 6.45) is 2.60. The van der Waals surface area contributed by atoms with Gasteiger partial charge in [-0.25, -0.2) is 0 Å². The maximum Gasteiger partial charge on any atom is 0.248 e. The second kappa shape index (κ2) is 36.6. The highest BCUT2D eigenvalue weighted by Gasteiger charge is 2.49. The molecule has 100 heavy (non-hydrogen) atoms. The summed E-state index contributed by atoms with van der Waals surface area (Å²) in [5.74, 6) is -11.2. The first-order valence-corrected chi connectivity index (χ1v) is 35.3. The Morgan fingerprint density at radius 1 is 0.450 bits per heavy atom. The molecule has 3 heterocycles. The van der Waals surface area contributed by atoms with Crippen LogP contribution in [0.2, 0.25) is 0 Å². The lowest BCUT2D eigenvalue weighted by molar-refractivity contribution is -0.147. The van der Waals surface area contributed by atoms with E-state index in [1.54, 1.807) is 34.6 Å². The zero-order valence-electron chi connectivity index (χ0n) is 62.8. The van der Waals surface area contributed by atoms with Crippen LogP contribution < -0.4 is 64.2 Å². The molecule has 3 saturated heterocycles. The number of hydrogen-bond donors (Lipinski definition) is 13. The Kier molecular flexibility index (Phi) is 31.5. The fraction of sp³-hybridized carbons (Fsp3) is 0.783. The maximum atomic E-state index is 14.6. The number of amides is 15. The van der Waals surface area contributed by atoms with Crippen molar-refractivity contribution in [2.45, 2.75) is 298 Å². The topological polar surface area (TPSA) is 444 Å². The van der Waals surface area contributed by atoms with Crippen LogP contribution in [-0.2, 0) is 71.9 Å². The molecule has 3 rings (SSSR count). The molecular weight excluding hydrogens is 1290 g/mol. The zero-order valence-corrected chi connectivity index (χ0v) is 62.8. The molecule has 3 fully saturated rings. The predicted octanol–water partition coefficient (Wildman–Crippen LogP) is -0.176. The molecule has 31 nitrogen and oxygen atoms in total. The van der Waals surface area contributed by atoms with Crippen molar-refractivity contribution in [2.75, 3.05) is 26.2 Å². The Hall–Kier alpha value is -7.99. The van der Waals surface area contributed by atoms with Gasteiger partial charge in [0.15, 0.2) is 0 Å².